The Balaban J connectivity index is 2.58. The van der Waals surface area contributed by atoms with Crippen LogP contribution in [-0.2, 0) is 6.54 Å². The van der Waals surface area contributed by atoms with Gasteiger partial charge in [-0.1, -0.05) is 44.7 Å². The molecule has 0 unspecified atom stereocenters. The highest BCUT2D eigenvalue weighted by molar-refractivity contribution is 5.36. The molecule has 0 spiro atoms. The fraction of sp³-hybridized carbons (Fsp3) is 0.529. The first kappa shape index (κ1) is 15.8. The molecule has 1 N–H and O–H groups in total. The topological polar surface area (TPSA) is 23.5 Å². The quantitative estimate of drug-likeness (QED) is 0.794. The number of hydrogen-bond acceptors (Lipinski definition) is 2. The van der Waals surface area contributed by atoms with Crippen LogP contribution in [0, 0.1) is 17.8 Å². The van der Waals surface area contributed by atoms with Crippen molar-refractivity contribution >= 4 is 0 Å². The lowest BCUT2D eigenvalue weighted by atomic mass is 10.1. The molecule has 0 radical (unpaired) electrons. The summed E-state index contributed by atoms with van der Waals surface area (Å²) in [5.41, 5.74) is 2.35. The second kappa shape index (κ2) is 8.74. The molecule has 0 amide bonds. The van der Waals surface area contributed by atoms with E-state index in [1.165, 1.54) is 5.56 Å². The molecule has 1 aromatic rings. The third-order valence-electron chi connectivity index (χ3n) is 2.90. The number of rotatable bonds is 6. The summed E-state index contributed by atoms with van der Waals surface area (Å²) in [6.45, 7) is 10.1. The van der Waals surface area contributed by atoms with E-state index >= 15 is 0 Å². The van der Waals surface area contributed by atoms with Crippen molar-refractivity contribution in [2.75, 3.05) is 19.7 Å². The highest BCUT2D eigenvalue weighted by atomic mass is 16.2. The Morgan fingerprint density at radius 1 is 1.21 bits per heavy atom. The number of aliphatic hydroxyl groups excluding tert-OH is 1. The summed E-state index contributed by atoms with van der Waals surface area (Å²) < 4.78 is 0. The van der Waals surface area contributed by atoms with Crippen molar-refractivity contribution in [1.29, 1.82) is 0 Å². The van der Waals surface area contributed by atoms with Crippen molar-refractivity contribution < 1.29 is 5.11 Å². The highest BCUT2D eigenvalue weighted by Gasteiger charge is 2.05. The predicted molar refractivity (Wildman–Crippen MR) is 80.8 cm³/mol. The van der Waals surface area contributed by atoms with Gasteiger partial charge >= 0.3 is 0 Å². The van der Waals surface area contributed by atoms with Gasteiger partial charge in [0.1, 0.15) is 0 Å². The highest BCUT2D eigenvalue weighted by Crippen LogP contribution is 2.09. The summed E-state index contributed by atoms with van der Waals surface area (Å²) in [6, 6.07) is 8.41. The van der Waals surface area contributed by atoms with Crippen LogP contribution in [0.2, 0.25) is 0 Å². The Morgan fingerprint density at radius 2 is 1.89 bits per heavy atom. The molecule has 104 valence electrons. The van der Waals surface area contributed by atoms with E-state index in [0.29, 0.717) is 12.3 Å². The smallest absolute Gasteiger partial charge is 0.0540 e. The molecule has 2 heteroatoms. The van der Waals surface area contributed by atoms with Crippen LogP contribution >= 0.6 is 0 Å². The Bertz CT molecular complexity index is 411. The minimum absolute atomic E-state index is 0.131. The molecule has 19 heavy (non-hydrogen) atoms. The third-order valence-corrected chi connectivity index (χ3v) is 2.90. The summed E-state index contributed by atoms with van der Waals surface area (Å²) in [6.07, 6.45) is 0.541. The molecule has 0 aliphatic carbocycles. The molecule has 0 aliphatic heterocycles. The van der Waals surface area contributed by atoms with Gasteiger partial charge < -0.3 is 5.11 Å². The van der Waals surface area contributed by atoms with Crippen LogP contribution in [0.15, 0.2) is 24.3 Å². The molecule has 0 heterocycles. The summed E-state index contributed by atoms with van der Waals surface area (Å²) in [4.78, 5) is 2.46. The van der Waals surface area contributed by atoms with Gasteiger partial charge in [0.15, 0.2) is 0 Å². The van der Waals surface area contributed by atoms with Gasteiger partial charge in [-0.15, -0.1) is 0 Å². The normalized spacial score (nSPS) is 10.6. The molecule has 0 saturated carbocycles. The fourth-order valence-corrected chi connectivity index (χ4v) is 1.99. The van der Waals surface area contributed by atoms with Crippen LogP contribution in [0.4, 0.5) is 0 Å². The van der Waals surface area contributed by atoms with Crippen LogP contribution in [0.1, 0.15) is 38.3 Å². The lowest BCUT2D eigenvalue weighted by Gasteiger charge is -2.22. The lowest BCUT2D eigenvalue weighted by Crippen LogP contribution is -2.26. The largest absolute Gasteiger partial charge is 0.395 e. The molecular formula is C17H25NO. The monoisotopic (exact) mass is 259 g/mol. The number of aliphatic hydroxyl groups is 1. The van der Waals surface area contributed by atoms with Crippen molar-refractivity contribution in [1.82, 2.24) is 4.90 Å². The molecular weight excluding hydrogens is 234 g/mol. The van der Waals surface area contributed by atoms with Gasteiger partial charge in [-0.05, 0) is 30.2 Å². The molecule has 2 nitrogen and oxygen atoms in total. The Morgan fingerprint density at radius 3 is 2.42 bits per heavy atom. The van der Waals surface area contributed by atoms with Crippen LogP contribution in [0.25, 0.3) is 0 Å². The maximum atomic E-state index is 8.68. The van der Waals surface area contributed by atoms with Gasteiger partial charge in [0, 0.05) is 25.1 Å². The average Bonchev–Trinajstić information content (AvgIpc) is 2.39. The standard InChI is InChI=1S/C17H25NO/c1-4-18(13-15(2)3)14-17-10-8-16(9-11-17)7-5-6-12-19/h8-11,15,19H,4,6,12-14H2,1-3H3. The molecule has 1 aromatic carbocycles. The Kier molecular flexibility index (Phi) is 7.25. The minimum Gasteiger partial charge on any atom is -0.395 e. The van der Waals surface area contributed by atoms with Gasteiger partial charge in [-0.2, -0.15) is 0 Å². The summed E-state index contributed by atoms with van der Waals surface area (Å²) in [5, 5.41) is 8.68. The SMILES string of the molecule is CCN(Cc1ccc(C#CCCO)cc1)CC(C)C. The van der Waals surface area contributed by atoms with E-state index in [-0.39, 0.29) is 6.61 Å². The van der Waals surface area contributed by atoms with E-state index in [1.807, 2.05) is 0 Å². The summed E-state index contributed by atoms with van der Waals surface area (Å²) in [7, 11) is 0. The van der Waals surface area contributed by atoms with E-state index in [9.17, 15) is 0 Å². The van der Waals surface area contributed by atoms with Gasteiger partial charge in [-0.3, -0.25) is 4.90 Å². The molecule has 0 fully saturated rings. The second-order valence-electron chi connectivity index (χ2n) is 5.19. The Hall–Kier alpha value is -1.30. The first-order chi connectivity index (χ1) is 9.15. The van der Waals surface area contributed by atoms with E-state index in [2.05, 4.69) is 61.8 Å². The van der Waals surface area contributed by atoms with Crippen molar-refractivity contribution in [3.63, 3.8) is 0 Å². The molecule has 0 bridgehead atoms. The maximum Gasteiger partial charge on any atom is 0.0540 e. The first-order valence-corrected chi connectivity index (χ1v) is 7.06. The van der Waals surface area contributed by atoms with Gasteiger partial charge in [0.05, 0.1) is 6.61 Å². The minimum atomic E-state index is 0.131. The zero-order chi connectivity index (χ0) is 14.1. The number of hydrogen-bond donors (Lipinski definition) is 1. The van der Waals surface area contributed by atoms with Gasteiger partial charge in [-0.25, -0.2) is 0 Å². The van der Waals surface area contributed by atoms with E-state index in [0.717, 1.165) is 25.2 Å². The van der Waals surface area contributed by atoms with Crippen LogP contribution in [0.3, 0.4) is 0 Å². The van der Waals surface area contributed by atoms with E-state index in [1.54, 1.807) is 0 Å². The van der Waals surface area contributed by atoms with E-state index < -0.39 is 0 Å². The maximum absolute atomic E-state index is 8.68. The number of benzene rings is 1. The van der Waals surface area contributed by atoms with Crippen molar-refractivity contribution in [3.8, 4) is 11.8 Å². The second-order valence-corrected chi connectivity index (χ2v) is 5.19. The molecule has 0 atom stereocenters. The molecule has 0 saturated heterocycles. The summed E-state index contributed by atoms with van der Waals surface area (Å²) in [5.74, 6) is 6.68. The summed E-state index contributed by atoms with van der Waals surface area (Å²) >= 11 is 0. The van der Waals surface area contributed by atoms with Crippen LogP contribution < -0.4 is 0 Å². The fourth-order valence-electron chi connectivity index (χ4n) is 1.99. The lowest BCUT2D eigenvalue weighted by molar-refractivity contribution is 0.248. The zero-order valence-electron chi connectivity index (χ0n) is 12.3. The predicted octanol–water partition coefficient (Wildman–Crippen LogP) is 2.90. The Labute approximate surface area is 117 Å². The average molecular weight is 259 g/mol. The van der Waals surface area contributed by atoms with Crippen molar-refractivity contribution in [2.45, 2.75) is 33.7 Å². The third kappa shape index (κ3) is 6.42. The molecule has 1 rings (SSSR count). The van der Waals surface area contributed by atoms with Gasteiger partial charge in [0.25, 0.3) is 0 Å². The van der Waals surface area contributed by atoms with E-state index in [4.69, 9.17) is 5.11 Å². The van der Waals surface area contributed by atoms with Crippen LogP contribution in [0.5, 0.6) is 0 Å². The molecule has 0 aromatic heterocycles. The van der Waals surface area contributed by atoms with Crippen LogP contribution in [-0.4, -0.2) is 29.7 Å². The first-order valence-electron chi connectivity index (χ1n) is 7.06. The zero-order valence-corrected chi connectivity index (χ0v) is 12.3. The molecule has 0 aliphatic rings. The van der Waals surface area contributed by atoms with Crippen molar-refractivity contribution in [2.24, 2.45) is 5.92 Å². The van der Waals surface area contributed by atoms with Gasteiger partial charge in [0.2, 0.25) is 0 Å². The number of nitrogens with zero attached hydrogens (tertiary/aromatic N) is 1. The van der Waals surface area contributed by atoms with Crippen molar-refractivity contribution in [3.05, 3.63) is 35.4 Å².